The summed E-state index contributed by atoms with van der Waals surface area (Å²) in [6.07, 6.45) is 7.94. The van der Waals surface area contributed by atoms with E-state index in [4.69, 9.17) is 0 Å². The van der Waals surface area contributed by atoms with Crippen LogP contribution in [0.4, 0.5) is 0 Å². The van der Waals surface area contributed by atoms with Crippen LogP contribution in [0.25, 0.3) is 0 Å². The zero-order valence-electron chi connectivity index (χ0n) is 13.9. The fourth-order valence-electron chi connectivity index (χ4n) is 2.81. The second-order valence-electron chi connectivity index (χ2n) is 6.00. The van der Waals surface area contributed by atoms with Gasteiger partial charge in [-0.25, -0.2) is 4.98 Å². The Labute approximate surface area is 146 Å². The fourth-order valence-corrected chi connectivity index (χ4v) is 3.60. The smallest absolute Gasteiger partial charge is 0.241 e. The molecule has 8 heteroatoms. The van der Waals surface area contributed by atoms with Gasteiger partial charge in [0.2, 0.25) is 5.91 Å². The summed E-state index contributed by atoms with van der Waals surface area (Å²) in [5.74, 6) is 1.26. The average Bonchev–Trinajstić information content (AvgIpc) is 3.22. The lowest BCUT2D eigenvalue weighted by atomic mass is 9.97. The predicted molar refractivity (Wildman–Crippen MR) is 94.0 cm³/mol. The highest BCUT2D eigenvalue weighted by atomic mass is 32.2. The summed E-state index contributed by atoms with van der Waals surface area (Å²) in [5.41, 5.74) is 1.08. The molecule has 0 bridgehead atoms. The molecule has 1 atom stereocenters. The van der Waals surface area contributed by atoms with Crippen LogP contribution in [0.2, 0.25) is 0 Å². The van der Waals surface area contributed by atoms with Crippen molar-refractivity contribution in [2.24, 2.45) is 7.05 Å². The standard InChI is InChI=1S/C16H24N6OS/c1-21-9-6-19-16(21)24-10-7-18-15(23)12-22-8-4-14(20-22)13-3-2-5-17-11-13/h4,6,8-9,13,17H,2-3,5,7,10-12H2,1H3,(H,18,23)/t13-/m0/s1. The zero-order chi connectivity index (χ0) is 16.8. The van der Waals surface area contributed by atoms with Crippen molar-refractivity contribution in [1.29, 1.82) is 0 Å². The van der Waals surface area contributed by atoms with E-state index in [-0.39, 0.29) is 12.5 Å². The molecule has 1 aliphatic rings. The van der Waals surface area contributed by atoms with Crippen molar-refractivity contribution in [3.63, 3.8) is 0 Å². The van der Waals surface area contributed by atoms with Gasteiger partial charge in [0.15, 0.2) is 5.16 Å². The van der Waals surface area contributed by atoms with E-state index in [1.54, 1.807) is 22.6 Å². The van der Waals surface area contributed by atoms with Gasteiger partial charge in [-0.3, -0.25) is 9.48 Å². The van der Waals surface area contributed by atoms with E-state index in [2.05, 4.69) is 20.7 Å². The molecule has 0 aliphatic carbocycles. The zero-order valence-corrected chi connectivity index (χ0v) is 14.8. The SMILES string of the molecule is Cn1ccnc1SCCNC(=O)Cn1ccc([C@H]2CCCNC2)n1. The van der Waals surface area contributed by atoms with Gasteiger partial charge in [0.25, 0.3) is 0 Å². The van der Waals surface area contributed by atoms with Crippen LogP contribution in [0.1, 0.15) is 24.5 Å². The molecule has 130 valence electrons. The highest BCUT2D eigenvalue weighted by molar-refractivity contribution is 7.99. The molecular formula is C16H24N6OS. The first-order valence-electron chi connectivity index (χ1n) is 8.33. The summed E-state index contributed by atoms with van der Waals surface area (Å²) in [6, 6.07) is 2.03. The van der Waals surface area contributed by atoms with Crippen molar-refractivity contribution in [3.8, 4) is 0 Å². The molecule has 7 nitrogen and oxygen atoms in total. The summed E-state index contributed by atoms with van der Waals surface area (Å²) in [4.78, 5) is 16.3. The number of imidazole rings is 1. The van der Waals surface area contributed by atoms with Crippen molar-refractivity contribution in [1.82, 2.24) is 30.0 Å². The van der Waals surface area contributed by atoms with E-state index in [9.17, 15) is 4.79 Å². The molecule has 1 saturated heterocycles. The third-order valence-corrected chi connectivity index (χ3v) is 5.17. The van der Waals surface area contributed by atoms with E-state index < -0.39 is 0 Å². The molecule has 0 saturated carbocycles. The first kappa shape index (κ1) is 17.0. The molecule has 0 spiro atoms. The molecule has 1 fully saturated rings. The summed E-state index contributed by atoms with van der Waals surface area (Å²) in [6.45, 7) is 2.97. The molecule has 2 aromatic rings. The first-order valence-corrected chi connectivity index (χ1v) is 9.32. The normalized spacial score (nSPS) is 17.8. The number of hydrogen-bond acceptors (Lipinski definition) is 5. The fraction of sp³-hybridized carbons (Fsp3) is 0.562. The van der Waals surface area contributed by atoms with Gasteiger partial charge in [0.1, 0.15) is 6.54 Å². The van der Waals surface area contributed by atoms with Gasteiger partial charge in [-0.2, -0.15) is 5.10 Å². The van der Waals surface area contributed by atoms with Crippen LogP contribution >= 0.6 is 11.8 Å². The van der Waals surface area contributed by atoms with Crippen molar-refractivity contribution < 1.29 is 4.79 Å². The number of aromatic nitrogens is 4. The molecule has 0 unspecified atom stereocenters. The van der Waals surface area contributed by atoms with Gasteiger partial charge in [-0.1, -0.05) is 11.8 Å². The van der Waals surface area contributed by atoms with E-state index in [0.29, 0.717) is 12.5 Å². The van der Waals surface area contributed by atoms with E-state index >= 15 is 0 Å². The minimum absolute atomic E-state index is 0.00754. The van der Waals surface area contributed by atoms with Crippen LogP contribution in [0.15, 0.2) is 29.8 Å². The van der Waals surface area contributed by atoms with Crippen LogP contribution in [0.5, 0.6) is 0 Å². The molecule has 1 aliphatic heterocycles. The predicted octanol–water partition coefficient (Wildman–Crippen LogP) is 0.992. The lowest BCUT2D eigenvalue weighted by Gasteiger charge is -2.20. The molecule has 2 N–H and O–H groups in total. The molecule has 3 heterocycles. The average molecular weight is 348 g/mol. The van der Waals surface area contributed by atoms with Crippen LogP contribution < -0.4 is 10.6 Å². The van der Waals surface area contributed by atoms with Gasteiger partial charge >= 0.3 is 0 Å². The van der Waals surface area contributed by atoms with Gasteiger partial charge in [0, 0.05) is 50.4 Å². The summed E-state index contributed by atoms with van der Waals surface area (Å²) < 4.78 is 3.70. The van der Waals surface area contributed by atoms with Crippen LogP contribution in [0.3, 0.4) is 0 Å². The number of piperidine rings is 1. The Morgan fingerprint density at radius 2 is 2.42 bits per heavy atom. The third-order valence-electron chi connectivity index (χ3n) is 4.11. The molecule has 0 aromatic carbocycles. The maximum absolute atomic E-state index is 12.0. The highest BCUT2D eigenvalue weighted by Crippen LogP contribution is 2.21. The van der Waals surface area contributed by atoms with Crippen LogP contribution in [-0.2, 0) is 18.4 Å². The number of carbonyl (C=O) groups excluding carboxylic acids is 1. The molecule has 0 radical (unpaired) electrons. The number of carbonyl (C=O) groups is 1. The Balaban J connectivity index is 1.38. The number of thioether (sulfide) groups is 1. The summed E-state index contributed by atoms with van der Waals surface area (Å²) in [7, 11) is 1.96. The number of amides is 1. The van der Waals surface area contributed by atoms with Crippen molar-refractivity contribution in [2.45, 2.75) is 30.5 Å². The molecule has 24 heavy (non-hydrogen) atoms. The summed E-state index contributed by atoms with van der Waals surface area (Å²) >= 11 is 1.63. The summed E-state index contributed by atoms with van der Waals surface area (Å²) in [5, 5.41) is 11.8. The second kappa shape index (κ2) is 8.34. The highest BCUT2D eigenvalue weighted by Gasteiger charge is 2.17. The quantitative estimate of drug-likeness (QED) is 0.576. The number of rotatable bonds is 7. The van der Waals surface area contributed by atoms with Crippen molar-refractivity contribution in [3.05, 3.63) is 30.4 Å². The van der Waals surface area contributed by atoms with Gasteiger partial charge in [-0.05, 0) is 25.5 Å². The van der Waals surface area contributed by atoms with Crippen LogP contribution in [0, 0.1) is 0 Å². The number of aryl methyl sites for hydroxylation is 1. The Morgan fingerprint density at radius 1 is 1.50 bits per heavy atom. The minimum Gasteiger partial charge on any atom is -0.354 e. The van der Waals surface area contributed by atoms with E-state index in [1.807, 2.05) is 30.1 Å². The second-order valence-corrected chi connectivity index (χ2v) is 7.06. The molecular weight excluding hydrogens is 324 g/mol. The van der Waals surface area contributed by atoms with Gasteiger partial charge in [0.05, 0.1) is 5.69 Å². The Bertz CT molecular complexity index is 661. The lowest BCUT2D eigenvalue weighted by molar-refractivity contribution is -0.121. The Hall–Kier alpha value is -1.80. The first-order chi connectivity index (χ1) is 11.7. The Morgan fingerprint density at radius 3 is 3.17 bits per heavy atom. The third kappa shape index (κ3) is 4.61. The van der Waals surface area contributed by atoms with E-state index in [1.165, 1.54) is 12.8 Å². The molecule has 2 aromatic heterocycles. The monoisotopic (exact) mass is 348 g/mol. The number of nitrogens with one attached hydrogen (secondary N) is 2. The minimum atomic E-state index is -0.00754. The van der Waals surface area contributed by atoms with Crippen LogP contribution in [-0.4, -0.2) is 50.6 Å². The topological polar surface area (TPSA) is 76.8 Å². The number of nitrogens with zero attached hydrogens (tertiary/aromatic N) is 4. The van der Waals surface area contributed by atoms with E-state index in [0.717, 1.165) is 29.7 Å². The largest absolute Gasteiger partial charge is 0.354 e. The Kier molecular flexibility index (Phi) is 5.92. The van der Waals surface area contributed by atoms with Gasteiger partial charge < -0.3 is 15.2 Å². The molecule has 3 rings (SSSR count). The van der Waals surface area contributed by atoms with Crippen molar-refractivity contribution >= 4 is 17.7 Å². The maximum Gasteiger partial charge on any atom is 0.241 e. The van der Waals surface area contributed by atoms with Gasteiger partial charge in [-0.15, -0.1) is 0 Å². The number of hydrogen-bond donors (Lipinski definition) is 2. The van der Waals surface area contributed by atoms with Crippen molar-refractivity contribution in [2.75, 3.05) is 25.4 Å². The molecule has 1 amide bonds. The maximum atomic E-state index is 12.0. The lowest BCUT2D eigenvalue weighted by Crippen LogP contribution is -2.30.